The first-order valence-electron chi connectivity index (χ1n) is 8.37. The Morgan fingerprint density at radius 1 is 1.38 bits per heavy atom. The quantitative estimate of drug-likeness (QED) is 0.635. The van der Waals surface area contributed by atoms with E-state index in [9.17, 15) is 15.0 Å². The van der Waals surface area contributed by atoms with Gasteiger partial charge in [0.1, 0.15) is 11.4 Å². The molecular formula is C18H28N2O4. The van der Waals surface area contributed by atoms with Crippen LogP contribution >= 0.6 is 0 Å². The predicted molar refractivity (Wildman–Crippen MR) is 93.2 cm³/mol. The maximum Gasteiger partial charge on any atom is 0.412 e. The highest BCUT2D eigenvalue weighted by Crippen LogP contribution is 2.43. The van der Waals surface area contributed by atoms with E-state index in [2.05, 4.69) is 5.32 Å². The smallest absolute Gasteiger partial charge is 0.412 e. The molecule has 5 N–H and O–H groups in total. The van der Waals surface area contributed by atoms with Crippen molar-refractivity contribution < 1.29 is 19.7 Å². The minimum atomic E-state index is -0.596. The average molecular weight is 336 g/mol. The molecule has 0 heterocycles. The first kappa shape index (κ1) is 18.5. The Kier molecular flexibility index (Phi) is 5.40. The highest BCUT2D eigenvalue weighted by Gasteiger charge is 2.37. The van der Waals surface area contributed by atoms with Crippen LogP contribution in [-0.2, 0) is 10.2 Å². The summed E-state index contributed by atoms with van der Waals surface area (Å²) in [5, 5.41) is 22.5. The van der Waals surface area contributed by atoms with Gasteiger partial charge in [0, 0.05) is 17.6 Å². The van der Waals surface area contributed by atoms with Gasteiger partial charge in [-0.2, -0.15) is 0 Å². The summed E-state index contributed by atoms with van der Waals surface area (Å²) in [6.45, 7) is 5.78. The molecule has 0 unspecified atom stereocenters. The summed E-state index contributed by atoms with van der Waals surface area (Å²) in [7, 11) is 0. The molecule has 6 heteroatoms. The lowest BCUT2D eigenvalue weighted by molar-refractivity contribution is 0.0634. The highest BCUT2D eigenvalue weighted by molar-refractivity contribution is 5.86. The first-order valence-corrected chi connectivity index (χ1v) is 8.37. The van der Waals surface area contributed by atoms with Crippen LogP contribution in [0.1, 0.15) is 52.0 Å². The molecule has 134 valence electrons. The van der Waals surface area contributed by atoms with E-state index in [-0.39, 0.29) is 17.3 Å². The number of aliphatic hydroxyl groups is 1. The number of carbonyl (C=O) groups excluding carboxylic acids is 1. The summed E-state index contributed by atoms with van der Waals surface area (Å²) in [6, 6.07) is 4.84. The van der Waals surface area contributed by atoms with Crippen LogP contribution in [-0.4, -0.2) is 34.6 Å². The second kappa shape index (κ2) is 6.99. The number of hydrogen-bond acceptors (Lipinski definition) is 5. The Bertz CT molecular complexity index is 587. The molecule has 0 bridgehead atoms. The van der Waals surface area contributed by atoms with Gasteiger partial charge in [-0.05, 0) is 70.2 Å². The number of anilines is 1. The van der Waals surface area contributed by atoms with E-state index in [1.165, 1.54) is 6.07 Å². The van der Waals surface area contributed by atoms with E-state index >= 15 is 0 Å². The lowest BCUT2D eigenvalue weighted by Crippen LogP contribution is -2.41. The van der Waals surface area contributed by atoms with Crippen molar-refractivity contribution >= 4 is 11.8 Å². The van der Waals surface area contributed by atoms with Gasteiger partial charge < -0.3 is 20.7 Å². The van der Waals surface area contributed by atoms with Crippen molar-refractivity contribution in [1.29, 1.82) is 0 Å². The van der Waals surface area contributed by atoms with E-state index in [1.54, 1.807) is 32.9 Å². The maximum atomic E-state index is 12.1. The molecule has 0 saturated heterocycles. The average Bonchev–Trinajstić information content (AvgIpc) is 2.48. The van der Waals surface area contributed by atoms with Crippen LogP contribution in [0.25, 0.3) is 0 Å². The molecular weight excluding hydrogens is 308 g/mol. The number of aliphatic hydroxyl groups excluding tert-OH is 1. The molecule has 0 atom stereocenters. The molecule has 6 nitrogen and oxygen atoms in total. The van der Waals surface area contributed by atoms with Crippen LogP contribution in [0, 0.1) is 0 Å². The van der Waals surface area contributed by atoms with Crippen molar-refractivity contribution in [3.63, 3.8) is 0 Å². The third-order valence-corrected chi connectivity index (χ3v) is 4.51. The number of amides is 1. The molecule has 1 aromatic carbocycles. The highest BCUT2D eigenvalue weighted by atomic mass is 16.6. The number of phenols is 1. The molecule has 1 aliphatic rings. The Morgan fingerprint density at radius 3 is 2.54 bits per heavy atom. The van der Waals surface area contributed by atoms with Crippen LogP contribution < -0.4 is 11.1 Å². The third kappa shape index (κ3) is 4.39. The Balaban J connectivity index is 2.32. The van der Waals surface area contributed by atoms with Gasteiger partial charge in [0.25, 0.3) is 0 Å². The molecule has 0 radical (unpaired) electrons. The number of nitrogens with one attached hydrogen (secondary N) is 1. The second-order valence-corrected chi connectivity index (χ2v) is 7.57. The number of hydrogen-bond donors (Lipinski definition) is 4. The zero-order valence-corrected chi connectivity index (χ0v) is 14.6. The maximum absolute atomic E-state index is 12.1. The zero-order valence-electron chi connectivity index (χ0n) is 14.6. The van der Waals surface area contributed by atoms with Gasteiger partial charge in [0.2, 0.25) is 0 Å². The molecule has 1 aliphatic carbocycles. The molecule has 1 saturated carbocycles. The Hall–Kier alpha value is -1.79. The summed E-state index contributed by atoms with van der Waals surface area (Å²) in [6.07, 6.45) is 1.85. The summed E-state index contributed by atoms with van der Waals surface area (Å²) in [5.41, 5.74) is 6.47. The lowest BCUT2D eigenvalue weighted by Gasteiger charge is -2.39. The molecule has 2 rings (SSSR count). The van der Waals surface area contributed by atoms with Crippen LogP contribution in [0.2, 0.25) is 0 Å². The van der Waals surface area contributed by atoms with Gasteiger partial charge in [-0.3, -0.25) is 5.32 Å². The fourth-order valence-electron chi connectivity index (χ4n) is 3.23. The van der Waals surface area contributed by atoms with E-state index in [1.807, 2.05) is 0 Å². The third-order valence-electron chi connectivity index (χ3n) is 4.51. The molecule has 0 spiro atoms. The summed E-state index contributed by atoms with van der Waals surface area (Å²) in [4.78, 5) is 12.1. The van der Waals surface area contributed by atoms with E-state index in [0.717, 1.165) is 5.56 Å². The molecule has 24 heavy (non-hydrogen) atoms. The van der Waals surface area contributed by atoms with Gasteiger partial charge in [-0.25, -0.2) is 4.79 Å². The van der Waals surface area contributed by atoms with Crippen LogP contribution in [0.4, 0.5) is 10.5 Å². The van der Waals surface area contributed by atoms with Crippen LogP contribution in [0.5, 0.6) is 5.75 Å². The van der Waals surface area contributed by atoms with Gasteiger partial charge in [0.15, 0.2) is 0 Å². The van der Waals surface area contributed by atoms with Crippen molar-refractivity contribution in [2.75, 3.05) is 11.9 Å². The minimum absolute atomic E-state index is 0.124. The van der Waals surface area contributed by atoms with Crippen LogP contribution in [0.15, 0.2) is 18.2 Å². The topological polar surface area (TPSA) is 105 Å². The molecule has 1 amide bonds. The number of nitrogens with two attached hydrogens (primary N) is 1. The fourth-order valence-corrected chi connectivity index (χ4v) is 3.23. The largest absolute Gasteiger partial charge is 0.508 e. The van der Waals surface area contributed by atoms with Crippen molar-refractivity contribution in [3.8, 4) is 5.75 Å². The predicted octanol–water partition coefficient (Wildman–Crippen LogP) is 2.87. The van der Waals surface area contributed by atoms with E-state index in [0.29, 0.717) is 37.9 Å². The van der Waals surface area contributed by atoms with Gasteiger partial charge in [0.05, 0.1) is 6.10 Å². The molecule has 1 fully saturated rings. The number of ether oxygens (including phenoxy) is 1. The van der Waals surface area contributed by atoms with E-state index < -0.39 is 11.7 Å². The first-order chi connectivity index (χ1) is 11.1. The monoisotopic (exact) mass is 336 g/mol. The number of benzene rings is 1. The second-order valence-electron chi connectivity index (χ2n) is 7.57. The van der Waals surface area contributed by atoms with Gasteiger partial charge in [-0.1, -0.05) is 0 Å². The van der Waals surface area contributed by atoms with Crippen molar-refractivity contribution in [2.24, 2.45) is 5.73 Å². The summed E-state index contributed by atoms with van der Waals surface area (Å²) in [5.74, 6) is 0.124. The molecule has 0 aromatic heterocycles. The van der Waals surface area contributed by atoms with Crippen molar-refractivity contribution in [1.82, 2.24) is 0 Å². The number of aromatic hydroxyl groups is 1. The summed E-state index contributed by atoms with van der Waals surface area (Å²) < 4.78 is 5.31. The number of rotatable bonds is 3. The Morgan fingerprint density at radius 2 is 2.00 bits per heavy atom. The Labute approximate surface area is 143 Å². The standard InChI is InChI=1S/C18H28N2O4/c1-17(2,3)24-16(23)20-15-5-4-13(22)10-14(15)18(11-19)8-6-12(21)7-9-18/h4-5,10,12,21-22H,6-9,11,19H2,1-3H3,(H,20,23). The fraction of sp³-hybridized carbons (Fsp3) is 0.611. The van der Waals surface area contributed by atoms with Crippen molar-refractivity contribution in [2.45, 2.75) is 63.6 Å². The van der Waals surface area contributed by atoms with Crippen molar-refractivity contribution in [3.05, 3.63) is 23.8 Å². The lowest BCUT2D eigenvalue weighted by atomic mass is 9.68. The van der Waals surface area contributed by atoms with Gasteiger partial charge >= 0.3 is 6.09 Å². The normalized spacial score (nSPS) is 24.5. The van der Waals surface area contributed by atoms with Crippen LogP contribution in [0.3, 0.4) is 0 Å². The minimum Gasteiger partial charge on any atom is -0.508 e. The molecule has 1 aromatic rings. The van der Waals surface area contributed by atoms with Gasteiger partial charge in [-0.15, -0.1) is 0 Å². The summed E-state index contributed by atoms with van der Waals surface area (Å²) >= 11 is 0. The number of carbonyl (C=O) groups is 1. The SMILES string of the molecule is CC(C)(C)OC(=O)Nc1ccc(O)cc1C1(CN)CCC(O)CC1. The zero-order chi connectivity index (χ0) is 18.0. The van der Waals surface area contributed by atoms with E-state index in [4.69, 9.17) is 10.5 Å². The number of phenolic OH excluding ortho intramolecular Hbond substituents is 1. The molecule has 0 aliphatic heterocycles.